The van der Waals surface area contributed by atoms with E-state index in [1.165, 1.54) is 18.2 Å². The minimum absolute atomic E-state index is 0.101. The topological polar surface area (TPSA) is 113 Å². The largest absolute Gasteiger partial charge is 0.380 e. The summed E-state index contributed by atoms with van der Waals surface area (Å²) < 4.78 is 74.0. The molecule has 0 saturated heterocycles. The third kappa shape index (κ3) is 4.71. The highest BCUT2D eigenvalue weighted by Crippen LogP contribution is 2.46. The Labute approximate surface area is 200 Å². The highest BCUT2D eigenvalue weighted by molar-refractivity contribution is 5.44. The molecular formula is C23H16F5N7O. The van der Waals surface area contributed by atoms with Crippen molar-refractivity contribution in [2.45, 2.75) is 24.6 Å². The van der Waals surface area contributed by atoms with Crippen LogP contribution in [0.25, 0.3) is 0 Å². The summed E-state index contributed by atoms with van der Waals surface area (Å²) in [6.07, 6.45) is 2.01. The second-order valence-corrected chi connectivity index (χ2v) is 7.78. The number of nitriles is 1. The van der Waals surface area contributed by atoms with Crippen molar-refractivity contribution in [1.29, 1.82) is 5.26 Å². The Morgan fingerprint density at radius 1 is 1.03 bits per heavy atom. The number of nitrogens with zero attached hydrogens (tertiary/aromatic N) is 6. The quantitative estimate of drug-likeness (QED) is 0.355. The first-order valence-corrected chi connectivity index (χ1v) is 10.3. The van der Waals surface area contributed by atoms with Crippen LogP contribution in [0.3, 0.4) is 0 Å². The molecule has 0 radical (unpaired) electrons. The van der Waals surface area contributed by atoms with E-state index in [0.717, 1.165) is 41.5 Å². The molecular weight excluding hydrogens is 485 g/mol. The number of anilines is 1. The molecule has 0 spiro atoms. The summed E-state index contributed by atoms with van der Waals surface area (Å²) in [6, 6.07) is 9.72. The molecule has 13 heteroatoms. The van der Waals surface area contributed by atoms with E-state index in [4.69, 9.17) is 5.26 Å². The lowest BCUT2D eigenvalue weighted by Gasteiger charge is -2.35. The maximum atomic E-state index is 15.7. The number of nitrogens with one attached hydrogen (secondary N) is 1. The molecule has 1 atom stereocenters. The first kappa shape index (κ1) is 24.7. The Morgan fingerprint density at radius 2 is 1.83 bits per heavy atom. The van der Waals surface area contributed by atoms with Gasteiger partial charge in [0, 0.05) is 18.2 Å². The van der Waals surface area contributed by atoms with Crippen molar-refractivity contribution in [3.8, 4) is 6.07 Å². The van der Waals surface area contributed by atoms with Gasteiger partial charge in [0.25, 0.3) is 0 Å². The number of aliphatic hydroxyl groups is 1. The van der Waals surface area contributed by atoms with Gasteiger partial charge >= 0.3 is 5.92 Å². The molecule has 0 fully saturated rings. The van der Waals surface area contributed by atoms with E-state index in [-0.39, 0.29) is 17.8 Å². The molecule has 4 rings (SSSR count). The van der Waals surface area contributed by atoms with E-state index in [9.17, 15) is 18.3 Å². The summed E-state index contributed by atoms with van der Waals surface area (Å²) in [7, 11) is 0. The molecule has 8 nitrogen and oxygen atoms in total. The van der Waals surface area contributed by atoms with Gasteiger partial charge < -0.3 is 10.4 Å². The monoisotopic (exact) mass is 501 g/mol. The van der Waals surface area contributed by atoms with Crippen LogP contribution in [0.15, 0.2) is 61.1 Å². The van der Waals surface area contributed by atoms with Crippen LogP contribution in [-0.2, 0) is 24.6 Å². The molecule has 4 aromatic rings. The molecule has 0 aliphatic rings. The predicted molar refractivity (Wildman–Crippen MR) is 115 cm³/mol. The number of benzene rings is 2. The van der Waals surface area contributed by atoms with Gasteiger partial charge in [0.05, 0.1) is 24.0 Å². The number of alkyl halides is 2. The Morgan fingerprint density at radius 3 is 2.44 bits per heavy atom. The van der Waals surface area contributed by atoms with Crippen molar-refractivity contribution >= 4 is 5.69 Å². The van der Waals surface area contributed by atoms with E-state index in [1.807, 2.05) is 0 Å². The number of rotatable bonds is 8. The minimum Gasteiger partial charge on any atom is -0.380 e. The molecule has 2 aromatic heterocycles. The van der Waals surface area contributed by atoms with Crippen LogP contribution < -0.4 is 5.32 Å². The first-order valence-electron chi connectivity index (χ1n) is 10.3. The highest BCUT2D eigenvalue weighted by atomic mass is 19.3. The van der Waals surface area contributed by atoms with Crippen LogP contribution in [0.5, 0.6) is 0 Å². The fourth-order valence-electron chi connectivity index (χ4n) is 3.53. The zero-order valence-corrected chi connectivity index (χ0v) is 18.2. The average molecular weight is 501 g/mol. The van der Waals surface area contributed by atoms with Gasteiger partial charge in [0.1, 0.15) is 35.5 Å². The minimum atomic E-state index is -4.19. The normalized spacial score (nSPS) is 13.1. The summed E-state index contributed by atoms with van der Waals surface area (Å²) >= 11 is 0. The Kier molecular flexibility index (Phi) is 6.63. The zero-order valence-electron chi connectivity index (χ0n) is 18.2. The van der Waals surface area contributed by atoms with Crippen molar-refractivity contribution in [2.24, 2.45) is 0 Å². The molecule has 36 heavy (non-hydrogen) atoms. The molecule has 184 valence electrons. The van der Waals surface area contributed by atoms with Crippen LogP contribution in [0.4, 0.5) is 27.6 Å². The van der Waals surface area contributed by atoms with Crippen molar-refractivity contribution in [2.75, 3.05) is 5.32 Å². The van der Waals surface area contributed by atoms with Gasteiger partial charge in [-0.3, -0.25) is 4.98 Å². The van der Waals surface area contributed by atoms with E-state index in [0.29, 0.717) is 11.6 Å². The maximum Gasteiger partial charge on any atom is 0.323 e. The number of hydrogen-bond acceptors (Lipinski definition) is 7. The van der Waals surface area contributed by atoms with Crippen molar-refractivity contribution in [3.05, 3.63) is 101 Å². The van der Waals surface area contributed by atoms with E-state index in [2.05, 4.69) is 25.8 Å². The van der Waals surface area contributed by atoms with Crippen LogP contribution >= 0.6 is 0 Å². The molecule has 0 saturated carbocycles. The number of aromatic nitrogens is 5. The fraction of sp³-hybridized carbons (Fsp3) is 0.174. The summed E-state index contributed by atoms with van der Waals surface area (Å²) in [5.74, 6) is -7.29. The van der Waals surface area contributed by atoms with Gasteiger partial charge in [0.15, 0.2) is 5.60 Å². The van der Waals surface area contributed by atoms with Crippen LogP contribution in [0, 0.1) is 28.8 Å². The van der Waals surface area contributed by atoms with Crippen molar-refractivity contribution in [1.82, 2.24) is 25.2 Å². The van der Waals surface area contributed by atoms with E-state index < -0.39 is 46.8 Å². The van der Waals surface area contributed by atoms with Crippen LogP contribution in [0.1, 0.15) is 22.4 Å². The fourth-order valence-corrected chi connectivity index (χ4v) is 3.53. The lowest BCUT2D eigenvalue weighted by atomic mass is 9.84. The van der Waals surface area contributed by atoms with Gasteiger partial charge in [0.2, 0.25) is 0 Å². The molecule has 0 aliphatic carbocycles. The number of halogens is 5. The Hall–Kier alpha value is -4.44. The summed E-state index contributed by atoms with van der Waals surface area (Å²) in [4.78, 5) is 3.73. The Bertz CT molecular complexity index is 1410. The van der Waals surface area contributed by atoms with E-state index >= 15 is 8.78 Å². The predicted octanol–water partition coefficient (Wildman–Crippen LogP) is 3.65. The number of tetrazole rings is 1. The third-order valence-electron chi connectivity index (χ3n) is 5.41. The SMILES string of the molecule is N#Cc1ccc(CNc2ccc(C(F)(F)C(O)(Cn3cnnn3)c3ccc(F)cc3F)nc2)cc1F. The average Bonchev–Trinajstić information content (AvgIpc) is 3.35. The van der Waals surface area contributed by atoms with Crippen molar-refractivity contribution < 1.29 is 27.1 Å². The molecule has 2 aromatic carbocycles. The zero-order chi connectivity index (χ0) is 25.9. The van der Waals surface area contributed by atoms with Gasteiger partial charge in [-0.25, -0.2) is 17.9 Å². The van der Waals surface area contributed by atoms with Gasteiger partial charge in [-0.1, -0.05) is 6.07 Å². The molecule has 0 bridgehead atoms. The molecule has 2 heterocycles. The molecule has 1 unspecified atom stereocenters. The highest BCUT2D eigenvalue weighted by Gasteiger charge is 2.58. The molecule has 0 aliphatic heterocycles. The number of pyridine rings is 1. The van der Waals surface area contributed by atoms with Gasteiger partial charge in [-0.05, 0) is 52.4 Å². The first-order chi connectivity index (χ1) is 17.1. The van der Waals surface area contributed by atoms with Crippen molar-refractivity contribution in [3.63, 3.8) is 0 Å². The molecule has 2 N–H and O–H groups in total. The maximum absolute atomic E-state index is 15.7. The standard InChI is InChI=1S/C23H16F5N7O/c24-16-3-5-18(20(26)8-16)22(36,12-35-13-32-33-34-35)23(27,28)21-6-4-17(11-31-21)30-10-14-1-2-15(9-29)19(25)7-14/h1-8,11,13,30,36H,10,12H2. The van der Waals surface area contributed by atoms with Gasteiger partial charge in [-0.2, -0.15) is 14.0 Å². The lowest BCUT2D eigenvalue weighted by molar-refractivity contribution is -0.207. The van der Waals surface area contributed by atoms with Gasteiger partial charge in [-0.15, -0.1) is 5.10 Å². The summed E-state index contributed by atoms with van der Waals surface area (Å²) in [5.41, 5.74) is -4.37. The molecule has 0 amide bonds. The van der Waals surface area contributed by atoms with Crippen LogP contribution in [-0.4, -0.2) is 30.3 Å². The third-order valence-corrected chi connectivity index (χ3v) is 5.41. The second-order valence-electron chi connectivity index (χ2n) is 7.78. The summed E-state index contributed by atoms with van der Waals surface area (Å²) in [5, 5.41) is 32.9. The van der Waals surface area contributed by atoms with E-state index in [1.54, 1.807) is 6.07 Å². The lowest BCUT2D eigenvalue weighted by Crippen LogP contribution is -2.48. The second kappa shape index (κ2) is 9.67. The Balaban J connectivity index is 1.61. The van der Waals surface area contributed by atoms with Crippen LogP contribution in [0.2, 0.25) is 0 Å². The smallest absolute Gasteiger partial charge is 0.323 e. The summed E-state index contributed by atoms with van der Waals surface area (Å²) in [6.45, 7) is -0.869. The number of hydrogen-bond donors (Lipinski definition) is 2.